The number of carbonyl (C=O) groups excluding carboxylic acids is 1. The molecule has 2 N–H and O–H groups in total. The first kappa shape index (κ1) is 17.6. The Bertz CT molecular complexity index is 654. The Kier molecular flexibility index (Phi) is 6.28. The molecule has 0 aliphatic carbocycles. The number of amides is 1. The summed E-state index contributed by atoms with van der Waals surface area (Å²) < 4.78 is 37.1. The van der Waals surface area contributed by atoms with Gasteiger partial charge in [0.2, 0.25) is 10.0 Å². The molecule has 1 fully saturated rings. The molecule has 7 nitrogen and oxygen atoms in total. The maximum atomic E-state index is 12.1. The highest BCUT2D eigenvalue weighted by molar-refractivity contribution is 7.89. The molecule has 1 heterocycles. The van der Waals surface area contributed by atoms with Crippen LogP contribution >= 0.6 is 0 Å². The predicted molar refractivity (Wildman–Crippen MR) is 84.5 cm³/mol. The van der Waals surface area contributed by atoms with Crippen LogP contribution in [0.15, 0.2) is 41.8 Å². The highest BCUT2D eigenvalue weighted by Gasteiger charge is 2.18. The second-order valence-electron chi connectivity index (χ2n) is 4.90. The number of rotatable bonds is 7. The van der Waals surface area contributed by atoms with E-state index in [4.69, 9.17) is 9.47 Å². The maximum Gasteiger partial charge on any atom is 0.251 e. The fourth-order valence-electron chi connectivity index (χ4n) is 1.99. The van der Waals surface area contributed by atoms with Gasteiger partial charge in [-0.25, -0.2) is 13.1 Å². The normalized spacial score (nSPS) is 16.0. The molecule has 1 aliphatic rings. The second kappa shape index (κ2) is 8.21. The summed E-state index contributed by atoms with van der Waals surface area (Å²) in [5.74, 6) is -0.386. The molecule has 0 aromatic heterocycles. The quantitative estimate of drug-likeness (QED) is 0.711. The molecular weight excluding hydrogens is 320 g/mol. The van der Waals surface area contributed by atoms with Crippen LogP contribution in [0.25, 0.3) is 0 Å². The number of sulfonamides is 1. The Hall–Kier alpha value is -1.74. The van der Waals surface area contributed by atoms with Gasteiger partial charge in [0.05, 0.1) is 24.7 Å². The third-order valence-electron chi connectivity index (χ3n) is 3.15. The fourth-order valence-corrected chi connectivity index (χ4v) is 3.03. The zero-order chi connectivity index (χ0) is 16.7. The molecule has 23 heavy (non-hydrogen) atoms. The van der Waals surface area contributed by atoms with Crippen LogP contribution in [0.2, 0.25) is 0 Å². The summed E-state index contributed by atoms with van der Waals surface area (Å²) in [6.07, 6.45) is 1.81. The number of benzene rings is 1. The highest BCUT2D eigenvalue weighted by Crippen LogP contribution is 2.12. The van der Waals surface area contributed by atoms with E-state index in [0.29, 0.717) is 13.2 Å². The molecule has 1 amide bonds. The molecule has 1 saturated heterocycles. The van der Waals surface area contributed by atoms with Gasteiger partial charge in [0.1, 0.15) is 0 Å². The molecule has 1 aromatic rings. The van der Waals surface area contributed by atoms with Crippen molar-refractivity contribution in [2.75, 3.05) is 26.3 Å². The Morgan fingerprint density at radius 3 is 2.78 bits per heavy atom. The average molecular weight is 340 g/mol. The van der Waals surface area contributed by atoms with Gasteiger partial charge in [0, 0.05) is 12.1 Å². The van der Waals surface area contributed by atoms with Crippen molar-refractivity contribution in [1.29, 1.82) is 0 Å². The van der Waals surface area contributed by atoms with Crippen LogP contribution < -0.4 is 10.0 Å². The SMILES string of the molecule is C=CCNS(=O)(=O)c1cccc(C(=O)NCC2OCCCO2)c1. The molecule has 0 radical (unpaired) electrons. The van der Waals surface area contributed by atoms with Crippen LogP contribution in [0.4, 0.5) is 0 Å². The Balaban J connectivity index is 2.00. The van der Waals surface area contributed by atoms with Gasteiger partial charge in [-0.2, -0.15) is 0 Å². The van der Waals surface area contributed by atoms with Crippen molar-refractivity contribution in [2.45, 2.75) is 17.6 Å². The summed E-state index contributed by atoms with van der Waals surface area (Å²) in [6, 6.07) is 5.81. The Morgan fingerprint density at radius 2 is 2.09 bits per heavy atom. The monoisotopic (exact) mass is 340 g/mol. The van der Waals surface area contributed by atoms with Gasteiger partial charge in [0.15, 0.2) is 6.29 Å². The first-order valence-electron chi connectivity index (χ1n) is 7.25. The Morgan fingerprint density at radius 1 is 1.35 bits per heavy atom. The molecule has 2 rings (SSSR count). The first-order valence-corrected chi connectivity index (χ1v) is 8.73. The van der Waals surface area contributed by atoms with E-state index >= 15 is 0 Å². The van der Waals surface area contributed by atoms with E-state index in [0.717, 1.165) is 6.42 Å². The number of ether oxygens (including phenoxy) is 2. The number of carbonyl (C=O) groups is 1. The standard InChI is InChI=1S/C15H20N2O5S/c1-2-7-17-23(19,20)13-6-3-5-12(10-13)15(18)16-11-14-21-8-4-9-22-14/h2-3,5-6,10,14,17H,1,4,7-9,11H2,(H,16,18). The lowest BCUT2D eigenvalue weighted by molar-refractivity contribution is -0.174. The number of hydrogen-bond donors (Lipinski definition) is 2. The maximum absolute atomic E-state index is 12.1. The highest BCUT2D eigenvalue weighted by atomic mass is 32.2. The molecule has 0 unspecified atom stereocenters. The lowest BCUT2D eigenvalue weighted by Gasteiger charge is -2.23. The molecule has 8 heteroatoms. The van der Waals surface area contributed by atoms with Gasteiger partial charge in [-0.15, -0.1) is 6.58 Å². The summed E-state index contributed by atoms with van der Waals surface area (Å²) in [4.78, 5) is 12.2. The minimum atomic E-state index is -3.66. The van der Waals surface area contributed by atoms with Gasteiger partial charge >= 0.3 is 0 Å². The van der Waals surface area contributed by atoms with E-state index in [2.05, 4.69) is 16.6 Å². The first-order chi connectivity index (χ1) is 11.0. The zero-order valence-corrected chi connectivity index (χ0v) is 13.5. The van der Waals surface area contributed by atoms with E-state index in [-0.39, 0.29) is 29.5 Å². The van der Waals surface area contributed by atoms with Crippen LogP contribution in [0.1, 0.15) is 16.8 Å². The van der Waals surface area contributed by atoms with Crippen molar-refractivity contribution in [1.82, 2.24) is 10.0 Å². The van der Waals surface area contributed by atoms with Crippen molar-refractivity contribution in [3.05, 3.63) is 42.5 Å². The summed E-state index contributed by atoms with van der Waals surface area (Å²) in [5.41, 5.74) is 0.252. The van der Waals surface area contributed by atoms with E-state index in [1.54, 1.807) is 6.07 Å². The topological polar surface area (TPSA) is 93.7 Å². The van der Waals surface area contributed by atoms with E-state index in [1.165, 1.54) is 24.3 Å². The third kappa shape index (κ3) is 5.14. The van der Waals surface area contributed by atoms with Crippen LogP contribution in [0, 0.1) is 0 Å². The summed E-state index contributed by atoms with van der Waals surface area (Å²) in [5, 5.41) is 2.67. The van der Waals surface area contributed by atoms with Gasteiger partial charge in [-0.3, -0.25) is 4.79 Å². The largest absolute Gasteiger partial charge is 0.351 e. The van der Waals surface area contributed by atoms with Crippen LogP contribution in [0.3, 0.4) is 0 Å². The minimum Gasteiger partial charge on any atom is -0.351 e. The number of hydrogen-bond acceptors (Lipinski definition) is 5. The summed E-state index contributed by atoms with van der Waals surface area (Å²) >= 11 is 0. The molecule has 0 atom stereocenters. The van der Waals surface area contributed by atoms with Crippen molar-refractivity contribution in [3.63, 3.8) is 0 Å². The molecule has 1 aromatic carbocycles. The Labute approximate surface area is 135 Å². The third-order valence-corrected chi connectivity index (χ3v) is 4.57. The number of nitrogens with one attached hydrogen (secondary N) is 2. The molecule has 0 bridgehead atoms. The van der Waals surface area contributed by atoms with Crippen LogP contribution in [-0.4, -0.2) is 46.9 Å². The van der Waals surface area contributed by atoms with E-state index in [9.17, 15) is 13.2 Å². The zero-order valence-electron chi connectivity index (χ0n) is 12.7. The fraction of sp³-hybridized carbons (Fsp3) is 0.400. The van der Waals surface area contributed by atoms with Crippen molar-refractivity contribution in [3.8, 4) is 0 Å². The van der Waals surface area contributed by atoms with E-state index in [1.807, 2.05) is 0 Å². The lowest BCUT2D eigenvalue weighted by atomic mass is 10.2. The van der Waals surface area contributed by atoms with E-state index < -0.39 is 16.3 Å². The molecule has 1 aliphatic heterocycles. The molecule has 0 spiro atoms. The summed E-state index contributed by atoms with van der Waals surface area (Å²) in [6.45, 7) is 4.99. The van der Waals surface area contributed by atoms with Gasteiger partial charge in [0.25, 0.3) is 5.91 Å². The van der Waals surface area contributed by atoms with Crippen LogP contribution in [-0.2, 0) is 19.5 Å². The predicted octanol–water partition coefficient (Wildman–Crippen LogP) is 0.644. The minimum absolute atomic E-state index is 0.0252. The van der Waals surface area contributed by atoms with Crippen LogP contribution in [0.5, 0.6) is 0 Å². The van der Waals surface area contributed by atoms with Crippen molar-refractivity contribution < 1.29 is 22.7 Å². The summed E-state index contributed by atoms with van der Waals surface area (Å²) in [7, 11) is -3.66. The second-order valence-corrected chi connectivity index (χ2v) is 6.67. The average Bonchev–Trinajstić information content (AvgIpc) is 2.59. The van der Waals surface area contributed by atoms with Gasteiger partial charge < -0.3 is 14.8 Å². The molecule has 126 valence electrons. The van der Waals surface area contributed by atoms with Gasteiger partial charge in [-0.1, -0.05) is 12.1 Å². The molecular formula is C15H20N2O5S. The van der Waals surface area contributed by atoms with Crippen molar-refractivity contribution >= 4 is 15.9 Å². The molecule has 0 saturated carbocycles. The lowest BCUT2D eigenvalue weighted by Crippen LogP contribution is -2.38. The smallest absolute Gasteiger partial charge is 0.251 e. The van der Waals surface area contributed by atoms with Gasteiger partial charge in [-0.05, 0) is 24.6 Å². The van der Waals surface area contributed by atoms with Crippen molar-refractivity contribution in [2.24, 2.45) is 0 Å².